The van der Waals surface area contributed by atoms with Crippen molar-refractivity contribution < 1.29 is 4.74 Å². The highest BCUT2D eigenvalue weighted by atomic mass is 35.5. The van der Waals surface area contributed by atoms with Gasteiger partial charge in [-0.1, -0.05) is 18.6 Å². The van der Waals surface area contributed by atoms with Crippen molar-refractivity contribution in [2.75, 3.05) is 25.6 Å². The summed E-state index contributed by atoms with van der Waals surface area (Å²) in [6.45, 7) is 4.22. The molecule has 0 radical (unpaired) electrons. The predicted octanol–water partition coefficient (Wildman–Crippen LogP) is 3.68. The molecule has 1 aliphatic heterocycles. The second kappa shape index (κ2) is 7.65. The van der Waals surface area contributed by atoms with Gasteiger partial charge in [0.25, 0.3) is 0 Å². The minimum atomic E-state index is 0.660. The van der Waals surface area contributed by atoms with Gasteiger partial charge < -0.3 is 4.74 Å². The Morgan fingerprint density at radius 1 is 1.17 bits per heavy atom. The van der Waals surface area contributed by atoms with E-state index in [1.165, 1.54) is 37.9 Å². The maximum atomic E-state index is 5.67. The molecule has 0 amide bonds. The highest BCUT2D eigenvalue weighted by Gasteiger charge is 2.10. The van der Waals surface area contributed by atoms with Crippen molar-refractivity contribution in [3.8, 4) is 5.75 Å². The number of rotatable bonds is 6. The van der Waals surface area contributed by atoms with Crippen LogP contribution in [0.3, 0.4) is 0 Å². The molecular weight excluding hydrogens is 246 g/mol. The average Bonchev–Trinajstić information content (AvgIpc) is 2.41. The number of nitrogens with zero attached hydrogens (tertiary/aromatic N) is 1. The lowest BCUT2D eigenvalue weighted by atomic mass is 10.1. The molecule has 0 unspecified atom stereocenters. The number of halogens is 1. The average molecular weight is 268 g/mol. The molecule has 1 heterocycles. The van der Waals surface area contributed by atoms with Gasteiger partial charge in [0, 0.05) is 12.4 Å². The number of alkyl halides is 1. The third kappa shape index (κ3) is 4.51. The molecule has 0 bridgehead atoms. The topological polar surface area (TPSA) is 12.5 Å². The van der Waals surface area contributed by atoms with E-state index in [1.807, 2.05) is 6.07 Å². The molecule has 0 N–H and O–H groups in total. The lowest BCUT2D eigenvalue weighted by molar-refractivity contribution is 0.220. The molecule has 2 rings (SSSR count). The molecule has 0 spiro atoms. The Morgan fingerprint density at radius 2 is 2.00 bits per heavy atom. The van der Waals surface area contributed by atoms with E-state index in [-0.39, 0.29) is 0 Å². The second-order valence-electron chi connectivity index (χ2n) is 4.88. The van der Waals surface area contributed by atoms with Crippen LogP contribution in [0.1, 0.15) is 31.2 Å². The van der Waals surface area contributed by atoms with Crippen LogP contribution in [0.2, 0.25) is 0 Å². The van der Waals surface area contributed by atoms with Crippen LogP contribution in [0.4, 0.5) is 0 Å². The normalized spacial score (nSPS) is 16.7. The van der Waals surface area contributed by atoms with Gasteiger partial charge in [0.05, 0.1) is 6.61 Å². The fourth-order valence-electron chi connectivity index (χ4n) is 2.35. The molecule has 1 saturated heterocycles. The Kier molecular flexibility index (Phi) is 5.82. The Labute approximate surface area is 115 Å². The van der Waals surface area contributed by atoms with Gasteiger partial charge in [-0.25, -0.2) is 0 Å². The first kappa shape index (κ1) is 13.7. The summed E-state index contributed by atoms with van der Waals surface area (Å²) < 4.78 is 5.67. The van der Waals surface area contributed by atoms with Crippen LogP contribution in [0.5, 0.6) is 5.75 Å². The second-order valence-corrected chi connectivity index (χ2v) is 5.25. The van der Waals surface area contributed by atoms with Crippen LogP contribution in [0.15, 0.2) is 24.3 Å². The van der Waals surface area contributed by atoms with Crippen molar-refractivity contribution in [2.45, 2.75) is 32.2 Å². The summed E-state index contributed by atoms with van der Waals surface area (Å²) in [6, 6.07) is 8.44. The molecule has 0 aliphatic carbocycles. The summed E-state index contributed by atoms with van der Waals surface area (Å²) in [7, 11) is 0. The van der Waals surface area contributed by atoms with Gasteiger partial charge in [-0.2, -0.15) is 0 Å². The number of ether oxygens (including phenoxy) is 1. The van der Waals surface area contributed by atoms with E-state index >= 15 is 0 Å². The minimum absolute atomic E-state index is 0.660. The smallest absolute Gasteiger partial charge is 0.119 e. The Hall–Kier alpha value is -0.730. The van der Waals surface area contributed by atoms with Crippen LogP contribution < -0.4 is 4.74 Å². The number of benzene rings is 1. The molecule has 1 fully saturated rings. The first-order valence-electron chi connectivity index (χ1n) is 6.88. The zero-order valence-electron chi connectivity index (χ0n) is 10.9. The van der Waals surface area contributed by atoms with Crippen molar-refractivity contribution in [1.29, 1.82) is 0 Å². The fourth-order valence-corrected chi connectivity index (χ4v) is 2.46. The van der Waals surface area contributed by atoms with Crippen LogP contribution in [0, 0.1) is 0 Å². The van der Waals surface area contributed by atoms with Gasteiger partial charge in [-0.05, 0) is 50.0 Å². The Balaban J connectivity index is 1.85. The van der Waals surface area contributed by atoms with E-state index in [4.69, 9.17) is 16.3 Å². The van der Waals surface area contributed by atoms with Crippen molar-refractivity contribution >= 4 is 11.6 Å². The highest BCUT2D eigenvalue weighted by Crippen LogP contribution is 2.17. The zero-order valence-corrected chi connectivity index (χ0v) is 11.7. The summed E-state index contributed by atoms with van der Waals surface area (Å²) in [5.41, 5.74) is 1.35. The third-order valence-electron chi connectivity index (χ3n) is 3.30. The molecule has 0 aromatic heterocycles. The van der Waals surface area contributed by atoms with Crippen LogP contribution in [-0.4, -0.2) is 30.5 Å². The largest absolute Gasteiger partial charge is 0.494 e. The van der Waals surface area contributed by atoms with Crippen molar-refractivity contribution in [2.24, 2.45) is 0 Å². The van der Waals surface area contributed by atoms with E-state index in [0.29, 0.717) is 12.5 Å². The molecule has 3 heteroatoms. The van der Waals surface area contributed by atoms with Gasteiger partial charge in [-0.3, -0.25) is 4.90 Å². The number of likely N-dealkylation sites (tertiary alicyclic amines) is 1. The number of hydrogen-bond donors (Lipinski definition) is 0. The van der Waals surface area contributed by atoms with Crippen LogP contribution in [-0.2, 0) is 6.54 Å². The first-order valence-corrected chi connectivity index (χ1v) is 7.42. The summed E-state index contributed by atoms with van der Waals surface area (Å²) in [5.74, 6) is 1.63. The van der Waals surface area contributed by atoms with Crippen molar-refractivity contribution in [1.82, 2.24) is 4.90 Å². The van der Waals surface area contributed by atoms with Crippen molar-refractivity contribution in [3.63, 3.8) is 0 Å². The lowest BCUT2D eigenvalue weighted by Gasteiger charge is -2.26. The lowest BCUT2D eigenvalue weighted by Crippen LogP contribution is -2.29. The monoisotopic (exact) mass is 267 g/mol. The standard InChI is InChI=1S/C15H22ClNO/c16-8-5-11-18-15-7-4-6-14(12-15)13-17-9-2-1-3-10-17/h4,6-7,12H,1-3,5,8-11,13H2. The minimum Gasteiger partial charge on any atom is -0.494 e. The summed E-state index contributed by atoms with van der Waals surface area (Å²) in [6.07, 6.45) is 4.97. The number of piperidine rings is 1. The van der Waals surface area contributed by atoms with Gasteiger partial charge in [0.2, 0.25) is 0 Å². The van der Waals surface area contributed by atoms with Crippen LogP contribution >= 0.6 is 11.6 Å². The Morgan fingerprint density at radius 3 is 2.78 bits per heavy atom. The maximum absolute atomic E-state index is 5.67. The molecule has 100 valence electrons. The van der Waals surface area contributed by atoms with E-state index in [0.717, 1.165) is 18.7 Å². The molecule has 0 saturated carbocycles. The third-order valence-corrected chi connectivity index (χ3v) is 3.57. The van der Waals surface area contributed by atoms with E-state index < -0.39 is 0 Å². The summed E-state index contributed by atoms with van der Waals surface area (Å²) in [4.78, 5) is 2.53. The van der Waals surface area contributed by atoms with Gasteiger partial charge >= 0.3 is 0 Å². The molecule has 1 aromatic rings. The Bertz CT molecular complexity index is 350. The molecule has 18 heavy (non-hydrogen) atoms. The van der Waals surface area contributed by atoms with E-state index in [2.05, 4.69) is 23.1 Å². The SMILES string of the molecule is ClCCCOc1cccc(CN2CCCCC2)c1. The van der Waals surface area contributed by atoms with Gasteiger partial charge in [-0.15, -0.1) is 11.6 Å². The van der Waals surface area contributed by atoms with Crippen molar-refractivity contribution in [3.05, 3.63) is 29.8 Å². The molecular formula is C15H22ClNO. The van der Waals surface area contributed by atoms with E-state index in [1.54, 1.807) is 0 Å². The quantitative estimate of drug-likeness (QED) is 0.576. The molecule has 1 aliphatic rings. The number of hydrogen-bond acceptors (Lipinski definition) is 2. The molecule has 2 nitrogen and oxygen atoms in total. The predicted molar refractivity (Wildman–Crippen MR) is 76.4 cm³/mol. The van der Waals surface area contributed by atoms with Gasteiger partial charge in [0.15, 0.2) is 0 Å². The summed E-state index contributed by atoms with van der Waals surface area (Å²) in [5, 5.41) is 0. The zero-order chi connectivity index (χ0) is 12.6. The maximum Gasteiger partial charge on any atom is 0.119 e. The molecule has 1 aromatic carbocycles. The fraction of sp³-hybridized carbons (Fsp3) is 0.600. The first-order chi connectivity index (χ1) is 8.88. The molecule has 0 atom stereocenters. The summed E-state index contributed by atoms with van der Waals surface area (Å²) >= 11 is 5.64. The highest BCUT2D eigenvalue weighted by molar-refractivity contribution is 6.17. The van der Waals surface area contributed by atoms with E-state index in [9.17, 15) is 0 Å². The van der Waals surface area contributed by atoms with Crippen LogP contribution in [0.25, 0.3) is 0 Å². The van der Waals surface area contributed by atoms with Gasteiger partial charge in [0.1, 0.15) is 5.75 Å².